The van der Waals surface area contributed by atoms with Gasteiger partial charge in [-0.05, 0) is 44.9 Å². The van der Waals surface area contributed by atoms with E-state index in [0.29, 0.717) is 0 Å². The van der Waals surface area contributed by atoms with Crippen LogP contribution in [0.1, 0.15) is 38.0 Å². The van der Waals surface area contributed by atoms with E-state index in [1.165, 1.54) is 6.92 Å². The van der Waals surface area contributed by atoms with Crippen LogP contribution < -0.4 is 5.32 Å². The highest BCUT2D eigenvalue weighted by Gasteiger charge is 2.25. The van der Waals surface area contributed by atoms with Gasteiger partial charge < -0.3 is 20.3 Å². The molecular weight excluding hydrogens is 323 g/mol. The number of carbonyl (C=O) groups is 1. The molecule has 0 aliphatic rings. The average molecular weight is 344 g/mol. The van der Waals surface area contributed by atoms with Crippen LogP contribution in [0.15, 0.2) is 12.1 Å². The summed E-state index contributed by atoms with van der Waals surface area (Å²) in [6.45, 7) is 6.11. The van der Waals surface area contributed by atoms with Gasteiger partial charge >= 0.3 is 11.8 Å². The smallest absolute Gasteiger partial charge is 0.407 e. The van der Waals surface area contributed by atoms with Crippen LogP contribution in [0, 0.1) is 22.9 Å². The predicted molar refractivity (Wildman–Crippen MR) is 83.0 cm³/mol. The monoisotopic (exact) mass is 344 g/mol. The summed E-state index contributed by atoms with van der Waals surface area (Å²) >= 11 is 0. The fourth-order valence-electron chi connectivity index (χ4n) is 1.96. The molecule has 8 nitrogen and oxygen atoms in total. The number of aliphatic hydroxyl groups excluding tert-OH is 2. The molecule has 3 N–H and O–H groups in total. The van der Waals surface area contributed by atoms with Gasteiger partial charge in [0, 0.05) is 12.6 Å². The Labute approximate surface area is 138 Å². The number of hydrogen-bond donors (Lipinski definition) is 3. The van der Waals surface area contributed by atoms with Crippen LogP contribution in [-0.2, 0) is 4.74 Å². The third-order valence-corrected chi connectivity index (χ3v) is 3.07. The first-order valence-electron chi connectivity index (χ1n) is 7.20. The highest BCUT2D eigenvalue weighted by Crippen LogP contribution is 2.27. The topological polar surface area (TPSA) is 122 Å². The molecule has 9 heteroatoms. The molecule has 0 aliphatic heterocycles. The molecule has 0 heterocycles. The predicted octanol–water partition coefficient (Wildman–Crippen LogP) is 1.96. The van der Waals surface area contributed by atoms with Gasteiger partial charge in [-0.1, -0.05) is 0 Å². The lowest BCUT2D eigenvalue weighted by atomic mass is 9.98. The first kappa shape index (κ1) is 19.8. The Hall–Kier alpha value is -2.26. The minimum Gasteiger partial charge on any atom is -0.444 e. The molecule has 0 spiro atoms. The number of halogens is 1. The third-order valence-electron chi connectivity index (χ3n) is 3.07. The van der Waals surface area contributed by atoms with Gasteiger partial charge in [0.2, 0.25) is 5.82 Å². The standard InChI is InChI=1S/C15H21FN2O6/c1-8-5-11(18(22)23)10(16)6-9(8)13(20)12(19)7-17-14(21)24-15(2,3)4/h5-6,12-13,19-20H,7H2,1-4H3,(H,17,21). The number of amides is 1. The number of hydrogen-bond acceptors (Lipinski definition) is 6. The van der Waals surface area contributed by atoms with Crippen LogP contribution in [0.25, 0.3) is 0 Å². The molecule has 0 saturated heterocycles. The van der Waals surface area contributed by atoms with Gasteiger partial charge in [0.15, 0.2) is 0 Å². The second kappa shape index (κ2) is 7.54. The number of aliphatic hydroxyl groups is 2. The highest BCUT2D eigenvalue weighted by atomic mass is 19.1. The summed E-state index contributed by atoms with van der Waals surface area (Å²) in [7, 11) is 0. The lowest BCUT2D eigenvalue weighted by molar-refractivity contribution is -0.387. The van der Waals surface area contributed by atoms with Crippen molar-refractivity contribution in [2.45, 2.75) is 45.5 Å². The summed E-state index contributed by atoms with van der Waals surface area (Å²) in [5.41, 5.74) is -1.19. The normalized spacial score (nSPS) is 14.0. The summed E-state index contributed by atoms with van der Waals surface area (Å²) in [6, 6.07) is 1.77. The molecule has 0 saturated carbocycles. The van der Waals surface area contributed by atoms with E-state index < -0.39 is 40.3 Å². The van der Waals surface area contributed by atoms with Gasteiger partial charge in [-0.2, -0.15) is 4.39 Å². The number of rotatable bonds is 5. The van der Waals surface area contributed by atoms with Crippen molar-refractivity contribution in [3.8, 4) is 0 Å². The third kappa shape index (κ3) is 5.43. The Morgan fingerprint density at radius 3 is 2.50 bits per heavy atom. The molecule has 0 aromatic heterocycles. The van der Waals surface area contributed by atoms with E-state index >= 15 is 0 Å². The number of ether oxygens (including phenoxy) is 1. The number of alkyl carbamates (subject to hydrolysis) is 1. The molecule has 1 aromatic carbocycles. The first-order valence-corrected chi connectivity index (χ1v) is 7.20. The zero-order valence-electron chi connectivity index (χ0n) is 13.9. The zero-order chi connectivity index (χ0) is 18.7. The Balaban J connectivity index is 2.79. The summed E-state index contributed by atoms with van der Waals surface area (Å²) in [5.74, 6) is -1.12. The maximum Gasteiger partial charge on any atom is 0.407 e. The minimum atomic E-state index is -1.53. The lowest BCUT2D eigenvalue weighted by Gasteiger charge is -2.23. The fourth-order valence-corrected chi connectivity index (χ4v) is 1.96. The average Bonchev–Trinajstić information content (AvgIpc) is 2.43. The van der Waals surface area contributed by atoms with Crippen molar-refractivity contribution in [1.82, 2.24) is 5.32 Å². The van der Waals surface area contributed by atoms with E-state index in [2.05, 4.69) is 5.32 Å². The molecule has 0 radical (unpaired) electrons. The van der Waals surface area contributed by atoms with E-state index in [0.717, 1.165) is 12.1 Å². The molecule has 1 amide bonds. The van der Waals surface area contributed by atoms with Crippen LogP contribution in [0.4, 0.5) is 14.9 Å². The number of nitro groups is 1. The van der Waals surface area contributed by atoms with Crippen LogP contribution in [0.5, 0.6) is 0 Å². The summed E-state index contributed by atoms with van der Waals surface area (Å²) in [5, 5.41) is 33.0. The van der Waals surface area contributed by atoms with Gasteiger partial charge in [-0.25, -0.2) is 4.79 Å². The van der Waals surface area contributed by atoms with Crippen molar-refractivity contribution in [2.24, 2.45) is 0 Å². The molecular formula is C15H21FN2O6. The second-order valence-electron chi connectivity index (χ2n) is 6.31. The van der Waals surface area contributed by atoms with Crippen molar-refractivity contribution < 1.29 is 29.1 Å². The highest BCUT2D eigenvalue weighted by molar-refractivity contribution is 5.67. The van der Waals surface area contributed by atoms with Crippen molar-refractivity contribution in [1.29, 1.82) is 0 Å². The van der Waals surface area contributed by atoms with Crippen LogP contribution >= 0.6 is 0 Å². The summed E-state index contributed by atoms with van der Waals surface area (Å²) in [4.78, 5) is 21.3. The number of benzene rings is 1. The zero-order valence-corrected chi connectivity index (χ0v) is 13.9. The Bertz CT molecular complexity index is 629. The molecule has 1 rings (SSSR count). The maximum atomic E-state index is 13.7. The van der Waals surface area contributed by atoms with Crippen LogP contribution in [-0.4, -0.2) is 39.5 Å². The van der Waals surface area contributed by atoms with Crippen molar-refractivity contribution >= 4 is 11.8 Å². The number of carbonyl (C=O) groups excluding carboxylic acids is 1. The Morgan fingerprint density at radius 1 is 1.42 bits per heavy atom. The quantitative estimate of drug-likeness (QED) is 0.554. The fraction of sp³-hybridized carbons (Fsp3) is 0.533. The molecule has 0 bridgehead atoms. The van der Waals surface area contributed by atoms with Crippen LogP contribution in [0.3, 0.4) is 0 Å². The van der Waals surface area contributed by atoms with E-state index in [9.17, 15) is 29.5 Å². The van der Waals surface area contributed by atoms with Crippen LogP contribution in [0.2, 0.25) is 0 Å². The van der Waals surface area contributed by atoms with Gasteiger partial charge in [-0.15, -0.1) is 0 Å². The number of nitrogens with one attached hydrogen (secondary N) is 1. The van der Waals surface area contributed by atoms with E-state index in [4.69, 9.17) is 4.74 Å². The lowest BCUT2D eigenvalue weighted by Crippen LogP contribution is -2.39. The second-order valence-corrected chi connectivity index (χ2v) is 6.31. The number of nitrogens with zero attached hydrogens (tertiary/aromatic N) is 1. The molecule has 134 valence electrons. The molecule has 2 atom stereocenters. The number of nitro benzene ring substituents is 1. The van der Waals surface area contributed by atoms with Crippen molar-refractivity contribution in [3.63, 3.8) is 0 Å². The van der Waals surface area contributed by atoms with Crippen molar-refractivity contribution in [3.05, 3.63) is 39.2 Å². The largest absolute Gasteiger partial charge is 0.444 e. The minimum absolute atomic E-state index is 0.00316. The van der Waals surface area contributed by atoms with E-state index in [1.54, 1.807) is 20.8 Å². The molecule has 24 heavy (non-hydrogen) atoms. The van der Waals surface area contributed by atoms with E-state index in [1.807, 2.05) is 0 Å². The van der Waals surface area contributed by atoms with Gasteiger partial charge in [-0.3, -0.25) is 10.1 Å². The number of aryl methyl sites for hydroxylation is 1. The van der Waals surface area contributed by atoms with Gasteiger partial charge in [0.05, 0.1) is 4.92 Å². The Morgan fingerprint density at radius 2 is 2.00 bits per heavy atom. The first-order chi connectivity index (χ1) is 10.9. The molecule has 0 aliphatic carbocycles. The SMILES string of the molecule is Cc1cc([N+](=O)[O-])c(F)cc1C(O)C(O)CNC(=O)OC(C)(C)C. The summed E-state index contributed by atoms with van der Waals surface area (Å²) < 4.78 is 18.7. The molecule has 2 unspecified atom stereocenters. The van der Waals surface area contributed by atoms with E-state index in [-0.39, 0.29) is 17.7 Å². The van der Waals surface area contributed by atoms with Gasteiger partial charge in [0.1, 0.15) is 17.8 Å². The maximum absolute atomic E-state index is 13.7. The summed E-state index contributed by atoms with van der Waals surface area (Å²) in [6.07, 6.45) is -3.76. The van der Waals surface area contributed by atoms with Gasteiger partial charge in [0.25, 0.3) is 0 Å². The Kier molecular flexibility index (Phi) is 6.22. The molecule has 0 fully saturated rings. The van der Waals surface area contributed by atoms with Crippen molar-refractivity contribution in [2.75, 3.05) is 6.54 Å². The molecule has 1 aromatic rings.